The van der Waals surface area contributed by atoms with E-state index in [1.54, 1.807) is 0 Å². The van der Waals surface area contributed by atoms with Gasteiger partial charge in [-0.1, -0.05) is 18.2 Å². The van der Waals surface area contributed by atoms with Gasteiger partial charge in [-0.2, -0.15) is 0 Å². The molecule has 0 saturated carbocycles. The zero-order valence-corrected chi connectivity index (χ0v) is 12.4. The summed E-state index contributed by atoms with van der Waals surface area (Å²) in [6, 6.07) is 8.55. The Kier molecular flexibility index (Phi) is 4.38. The second kappa shape index (κ2) is 6.42. The van der Waals surface area contributed by atoms with E-state index in [4.69, 9.17) is 0 Å². The van der Waals surface area contributed by atoms with Crippen LogP contribution in [0.4, 0.5) is 0 Å². The van der Waals surface area contributed by atoms with E-state index in [1.807, 2.05) is 0 Å². The zero-order valence-electron chi connectivity index (χ0n) is 12.4. The van der Waals surface area contributed by atoms with Gasteiger partial charge in [-0.15, -0.1) is 0 Å². The molecule has 1 aliphatic rings. The largest absolute Gasteiger partial charge is 0.361 e. The van der Waals surface area contributed by atoms with Gasteiger partial charge in [0.1, 0.15) is 0 Å². The van der Waals surface area contributed by atoms with E-state index in [0.29, 0.717) is 0 Å². The molecule has 0 unspecified atom stereocenters. The first-order valence-electron chi connectivity index (χ1n) is 7.77. The van der Waals surface area contributed by atoms with E-state index in [1.165, 1.54) is 48.9 Å². The summed E-state index contributed by atoms with van der Waals surface area (Å²) in [7, 11) is 2.22. The molecule has 1 saturated heterocycles. The summed E-state index contributed by atoms with van der Waals surface area (Å²) in [4.78, 5) is 5.78. The van der Waals surface area contributed by atoms with Gasteiger partial charge in [0.15, 0.2) is 0 Å². The lowest BCUT2D eigenvalue weighted by Gasteiger charge is -2.29. The maximum absolute atomic E-state index is 3.64. The van der Waals surface area contributed by atoms with E-state index in [2.05, 4.69) is 52.7 Å². The zero-order chi connectivity index (χ0) is 13.8. The number of H-pyrrole nitrogens is 1. The Morgan fingerprint density at radius 1 is 1.25 bits per heavy atom. The van der Waals surface area contributed by atoms with E-state index in [9.17, 15) is 0 Å². The number of fused-ring (bicyclic) bond motifs is 1. The molecule has 1 fully saturated rings. The van der Waals surface area contributed by atoms with Crippen molar-refractivity contribution in [2.24, 2.45) is 5.92 Å². The quantitative estimate of drug-likeness (QED) is 0.819. The van der Waals surface area contributed by atoms with Gasteiger partial charge in [0.2, 0.25) is 0 Å². The van der Waals surface area contributed by atoms with Crippen LogP contribution >= 0.6 is 0 Å². The predicted molar refractivity (Wildman–Crippen MR) is 85.1 cm³/mol. The summed E-state index contributed by atoms with van der Waals surface area (Å²) in [5.74, 6) is 0.870. The van der Waals surface area contributed by atoms with Crippen LogP contribution in [-0.4, -0.2) is 43.1 Å². The molecule has 108 valence electrons. The van der Waals surface area contributed by atoms with Crippen LogP contribution in [-0.2, 0) is 6.42 Å². The van der Waals surface area contributed by atoms with Gasteiger partial charge < -0.3 is 15.2 Å². The Hall–Kier alpha value is -1.32. The molecule has 1 aromatic carbocycles. The molecular weight excluding hydrogens is 246 g/mol. The molecule has 3 nitrogen and oxygen atoms in total. The molecule has 20 heavy (non-hydrogen) atoms. The number of likely N-dealkylation sites (tertiary alicyclic amines) is 1. The first kappa shape index (κ1) is 13.7. The summed E-state index contributed by atoms with van der Waals surface area (Å²) in [6.07, 6.45) is 5.95. The molecule has 0 spiro atoms. The summed E-state index contributed by atoms with van der Waals surface area (Å²) in [5, 5.41) is 5.01. The Balaban J connectivity index is 1.44. The topological polar surface area (TPSA) is 31.1 Å². The number of hydrogen-bond donors (Lipinski definition) is 2. The van der Waals surface area contributed by atoms with Crippen LogP contribution in [0.2, 0.25) is 0 Å². The molecule has 2 aromatic rings. The number of para-hydroxylation sites is 1. The fraction of sp³-hybridized carbons (Fsp3) is 0.529. The molecule has 1 aromatic heterocycles. The molecule has 2 heterocycles. The molecule has 0 bridgehead atoms. The van der Waals surface area contributed by atoms with Gasteiger partial charge in [0, 0.05) is 17.1 Å². The molecule has 0 radical (unpaired) electrons. The van der Waals surface area contributed by atoms with Crippen molar-refractivity contribution in [3.05, 3.63) is 36.0 Å². The Morgan fingerprint density at radius 2 is 2.05 bits per heavy atom. The predicted octanol–water partition coefficient (Wildman–Crippen LogP) is 2.64. The maximum Gasteiger partial charge on any atom is 0.0456 e. The lowest BCUT2D eigenvalue weighted by Crippen LogP contribution is -2.35. The number of aromatic amines is 1. The standard InChI is InChI=1S/C17H25N3/c1-20-10-7-14(8-11-20)12-18-9-6-15-13-19-17-5-3-2-4-16(15)17/h2-5,13-14,18-19H,6-12H2,1H3. The molecule has 0 aliphatic carbocycles. The van der Waals surface area contributed by atoms with Crippen LogP contribution in [0.1, 0.15) is 18.4 Å². The average Bonchev–Trinajstić information content (AvgIpc) is 2.89. The Bertz CT molecular complexity index is 538. The third-order valence-electron chi connectivity index (χ3n) is 4.52. The lowest BCUT2D eigenvalue weighted by molar-refractivity contribution is 0.216. The van der Waals surface area contributed by atoms with Crippen molar-refractivity contribution < 1.29 is 0 Å². The third kappa shape index (κ3) is 3.22. The maximum atomic E-state index is 3.64. The summed E-state index contributed by atoms with van der Waals surface area (Å²) in [5.41, 5.74) is 2.68. The minimum atomic E-state index is 0.870. The van der Waals surface area contributed by atoms with E-state index in [-0.39, 0.29) is 0 Å². The highest BCUT2D eigenvalue weighted by atomic mass is 15.1. The summed E-state index contributed by atoms with van der Waals surface area (Å²) in [6.45, 7) is 4.77. The van der Waals surface area contributed by atoms with E-state index >= 15 is 0 Å². The van der Waals surface area contributed by atoms with Crippen LogP contribution in [0.15, 0.2) is 30.5 Å². The van der Waals surface area contributed by atoms with E-state index < -0.39 is 0 Å². The highest BCUT2D eigenvalue weighted by Gasteiger charge is 2.15. The SMILES string of the molecule is CN1CCC(CNCCc2c[nH]c3ccccc23)CC1. The highest BCUT2D eigenvalue weighted by Crippen LogP contribution is 2.18. The van der Waals surface area contributed by atoms with Crippen LogP contribution in [0.5, 0.6) is 0 Å². The Morgan fingerprint density at radius 3 is 2.90 bits per heavy atom. The van der Waals surface area contributed by atoms with Gasteiger partial charge >= 0.3 is 0 Å². The first-order chi connectivity index (χ1) is 9.83. The fourth-order valence-electron chi connectivity index (χ4n) is 3.13. The molecule has 0 amide bonds. The normalized spacial score (nSPS) is 17.9. The highest BCUT2D eigenvalue weighted by molar-refractivity contribution is 5.83. The van der Waals surface area contributed by atoms with Crippen molar-refractivity contribution in [1.82, 2.24) is 15.2 Å². The number of nitrogens with one attached hydrogen (secondary N) is 2. The number of benzene rings is 1. The lowest BCUT2D eigenvalue weighted by atomic mass is 9.97. The van der Waals surface area contributed by atoms with Crippen molar-refractivity contribution >= 4 is 10.9 Å². The first-order valence-corrected chi connectivity index (χ1v) is 7.77. The minimum absolute atomic E-state index is 0.870. The Labute approximate surface area is 121 Å². The average molecular weight is 271 g/mol. The number of piperidine rings is 1. The molecule has 3 heteroatoms. The van der Waals surface area contributed by atoms with Crippen LogP contribution < -0.4 is 5.32 Å². The van der Waals surface area contributed by atoms with Gasteiger partial charge in [-0.3, -0.25) is 0 Å². The molecule has 1 aliphatic heterocycles. The van der Waals surface area contributed by atoms with Crippen LogP contribution in [0, 0.1) is 5.92 Å². The molecule has 3 rings (SSSR count). The van der Waals surface area contributed by atoms with Crippen molar-refractivity contribution in [2.75, 3.05) is 33.2 Å². The van der Waals surface area contributed by atoms with Crippen molar-refractivity contribution in [3.63, 3.8) is 0 Å². The number of nitrogens with zero attached hydrogens (tertiary/aromatic N) is 1. The second-order valence-corrected chi connectivity index (χ2v) is 6.06. The molecule has 2 N–H and O–H groups in total. The van der Waals surface area contributed by atoms with Gasteiger partial charge in [0.25, 0.3) is 0 Å². The molecule has 0 atom stereocenters. The van der Waals surface area contributed by atoms with Gasteiger partial charge in [-0.05, 0) is 70.0 Å². The monoisotopic (exact) mass is 271 g/mol. The number of hydrogen-bond acceptors (Lipinski definition) is 2. The fourth-order valence-corrected chi connectivity index (χ4v) is 3.13. The third-order valence-corrected chi connectivity index (χ3v) is 4.52. The summed E-state index contributed by atoms with van der Waals surface area (Å²) >= 11 is 0. The second-order valence-electron chi connectivity index (χ2n) is 6.06. The minimum Gasteiger partial charge on any atom is -0.361 e. The van der Waals surface area contributed by atoms with Crippen LogP contribution in [0.25, 0.3) is 10.9 Å². The van der Waals surface area contributed by atoms with Crippen molar-refractivity contribution in [1.29, 1.82) is 0 Å². The van der Waals surface area contributed by atoms with Crippen molar-refractivity contribution in [2.45, 2.75) is 19.3 Å². The van der Waals surface area contributed by atoms with Crippen LogP contribution in [0.3, 0.4) is 0 Å². The van der Waals surface area contributed by atoms with Gasteiger partial charge in [0.05, 0.1) is 0 Å². The number of rotatable bonds is 5. The van der Waals surface area contributed by atoms with Crippen molar-refractivity contribution in [3.8, 4) is 0 Å². The smallest absolute Gasteiger partial charge is 0.0456 e. The van der Waals surface area contributed by atoms with E-state index in [0.717, 1.165) is 18.9 Å². The summed E-state index contributed by atoms with van der Waals surface area (Å²) < 4.78 is 0. The molecular formula is C17H25N3. The number of aromatic nitrogens is 1. The van der Waals surface area contributed by atoms with Gasteiger partial charge in [-0.25, -0.2) is 0 Å².